The SMILES string of the molecule is Cc1cc(Cl)cnc1C(=O)Nc1ccc(F)c([C@]2(CF)C[C@@H](C(F)(F)F)N=C(N)O2)c1. The van der Waals surface area contributed by atoms with E-state index < -0.39 is 54.2 Å². The molecule has 0 aliphatic carbocycles. The van der Waals surface area contributed by atoms with Crippen molar-refractivity contribution in [2.45, 2.75) is 31.2 Å². The van der Waals surface area contributed by atoms with Gasteiger partial charge < -0.3 is 15.8 Å². The molecular weight excluding hydrogens is 447 g/mol. The Hall–Kier alpha value is -2.95. The minimum absolute atomic E-state index is 0.0152. The number of amidine groups is 1. The first-order valence-electron chi connectivity index (χ1n) is 8.83. The topological polar surface area (TPSA) is 89.6 Å². The van der Waals surface area contributed by atoms with Crippen molar-refractivity contribution < 1.29 is 31.5 Å². The maximum atomic E-state index is 14.6. The van der Waals surface area contributed by atoms with Crippen LogP contribution in [0.4, 0.5) is 27.6 Å². The zero-order valence-electron chi connectivity index (χ0n) is 15.9. The number of carbonyl (C=O) groups is 1. The number of pyridine rings is 1. The number of hydrogen-bond acceptors (Lipinski definition) is 5. The number of rotatable bonds is 4. The van der Waals surface area contributed by atoms with Gasteiger partial charge in [-0.15, -0.1) is 0 Å². The third kappa shape index (κ3) is 4.71. The van der Waals surface area contributed by atoms with Crippen molar-refractivity contribution in [2.24, 2.45) is 10.7 Å². The number of nitrogens with one attached hydrogen (secondary N) is 1. The molecule has 2 atom stereocenters. The summed E-state index contributed by atoms with van der Waals surface area (Å²) in [6.45, 7) is 0.0825. The van der Waals surface area contributed by atoms with E-state index >= 15 is 0 Å². The van der Waals surface area contributed by atoms with Crippen LogP contribution in [-0.4, -0.2) is 35.8 Å². The van der Waals surface area contributed by atoms with Crippen LogP contribution < -0.4 is 11.1 Å². The van der Waals surface area contributed by atoms with Crippen molar-refractivity contribution in [1.82, 2.24) is 4.98 Å². The number of nitrogens with two attached hydrogens (primary N) is 1. The maximum absolute atomic E-state index is 14.6. The molecule has 0 unspecified atom stereocenters. The average Bonchev–Trinajstić information content (AvgIpc) is 2.68. The van der Waals surface area contributed by atoms with Crippen LogP contribution in [0.25, 0.3) is 0 Å². The predicted octanol–water partition coefficient (Wildman–Crippen LogP) is 4.27. The number of hydrogen-bond donors (Lipinski definition) is 2. The number of aryl methyl sites for hydroxylation is 1. The molecule has 3 N–H and O–H groups in total. The summed E-state index contributed by atoms with van der Waals surface area (Å²) in [6.07, 6.45) is -4.61. The zero-order chi connectivity index (χ0) is 23.0. The maximum Gasteiger partial charge on any atom is 0.411 e. The molecule has 2 heterocycles. The van der Waals surface area contributed by atoms with E-state index in [2.05, 4.69) is 15.3 Å². The number of aromatic nitrogens is 1. The fourth-order valence-electron chi connectivity index (χ4n) is 3.21. The molecule has 166 valence electrons. The smallest absolute Gasteiger partial charge is 0.411 e. The highest BCUT2D eigenvalue weighted by molar-refractivity contribution is 6.30. The number of aliphatic imine (C=N–C) groups is 1. The van der Waals surface area contributed by atoms with Gasteiger partial charge in [-0.1, -0.05) is 11.6 Å². The predicted molar refractivity (Wildman–Crippen MR) is 103 cm³/mol. The molecule has 0 spiro atoms. The van der Waals surface area contributed by atoms with E-state index in [9.17, 15) is 26.7 Å². The molecule has 6 nitrogen and oxygen atoms in total. The van der Waals surface area contributed by atoms with Crippen molar-refractivity contribution in [1.29, 1.82) is 0 Å². The first-order chi connectivity index (χ1) is 14.4. The van der Waals surface area contributed by atoms with Gasteiger partial charge in [-0.05, 0) is 36.8 Å². The Bertz CT molecular complexity index is 1050. The first-order valence-corrected chi connectivity index (χ1v) is 9.21. The van der Waals surface area contributed by atoms with E-state index in [1.807, 2.05) is 0 Å². The Labute approximate surface area is 178 Å². The van der Waals surface area contributed by atoms with E-state index in [1.165, 1.54) is 12.3 Å². The van der Waals surface area contributed by atoms with E-state index in [4.69, 9.17) is 22.1 Å². The fourth-order valence-corrected chi connectivity index (χ4v) is 3.42. The molecule has 0 radical (unpaired) electrons. The lowest BCUT2D eigenvalue weighted by atomic mass is 9.86. The normalized spacial score (nSPS) is 21.3. The summed E-state index contributed by atoms with van der Waals surface area (Å²) in [5, 5.41) is 2.76. The molecule has 1 aliphatic rings. The molecule has 0 fully saturated rings. The van der Waals surface area contributed by atoms with Crippen molar-refractivity contribution in [3.05, 3.63) is 58.1 Å². The van der Waals surface area contributed by atoms with Gasteiger partial charge in [-0.25, -0.2) is 18.8 Å². The number of ether oxygens (including phenoxy) is 1. The molecule has 1 amide bonds. The summed E-state index contributed by atoms with van der Waals surface area (Å²) < 4.78 is 73.3. The molecule has 3 rings (SSSR count). The Balaban J connectivity index is 1.96. The number of alkyl halides is 4. The molecule has 0 bridgehead atoms. The summed E-state index contributed by atoms with van der Waals surface area (Å²) in [5.74, 6) is -1.72. The van der Waals surface area contributed by atoms with Gasteiger partial charge in [0.1, 0.15) is 18.2 Å². The quantitative estimate of drug-likeness (QED) is 0.664. The Morgan fingerprint density at radius 2 is 2.10 bits per heavy atom. The van der Waals surface area contributed by atoms with E-state index in [0.29, 0.717) is 10.6 Å². The van der Waals surface area contributed by atoms with Crippen molar-refractivity contribution in [3.8, 4) is 0 Å². The van der Waals surface area contributed by atoms with Crippen LogP contribution >= 0.6 is 11.6 Å². The lowest BCUT2D eigenvalue weighted by molar-refractivity contribution is -0.167. The van der Waals surface area contributed by atoms with Crippen LogP contribution in [0.5, 0.6) is 0 Å². The molecule has 31 heavy (non-hydrogen) atoms. The first kappa shape index (κ1) is 22.7. The summed E-state index contributed by atoms with van der Waals surface area (Å²) in [4.78, 5) is 19.6. The molecule has 0 saturated heterocycles. The second kappa shape index (κ2) is 8.29. The van der Waals surface area contributed by atoms with Gasteiger partial charge in [0.2, 0.25) is 0 Å². The van der Waals surface area contributed by atoms with E-state index in [-0.39, 0.29) is 11.4 Å². The van der Waals surface area contributed by atoms with Crippen LogP contribution in [0.3, 0.4) is 0 Å². The number of amides is 1. The van der Waals surface area contributed by atoms with E-state index in [1.54, 1.807) is 6.92 Å². The average molecular weight is 463 g/mol. The number of nitrogens with zero attached hydrogens (tertiary/aromatic N) is 2. The number of benzene rings is 1. The second-order valence-electron chi connectivity index (χ2n) is 6.93. The second-order valence-corrected chi connectivity index (χ2v) is 7.36. The highest BCUT2D eigenvalue weighted by atomic mass is 35.5. The number of carbonyl (C=O) groups excluding carboxylic acids is 1. The van der Waals surface area contributed by atoms with Gasteiger partial charge in [-0.2, -0.15) is 13.2 Å². The Morgan fingerprint density at radius 3 is 2.71 bits per heavy atom. The van der Waals surface area contributed by atoms with Gasteiger partial charge in [0, 0.05) is 23.9 Å². The largest absolute Gasteiger partial charge is 0.451 e. The molecule has 1 aliphatic heterocycles. The lowest BCUT2D eigenvalue weighted by Gasteiger charge is -2.38. The van der Waals surface area contributed by atoms with Crippen LogP contribution in [-0.2, 0) is 10.3 Å². The number of anilines is 1. The molecular formula is C19H16ClF5N4O2. The highest BCUT2D eigenvalue weighted by Crippen LogP contribution is 2.42. The van der Waals surface area contributed by atoms with Gasteiger partial charge >= 0.3 is 6.18 Å². The molecule has 0 saturated carbocycles. The Morgan fingerprint density at radius 1 is 1.39 bits per heavy atom. The van der Waals surface area contributed by atoms with Crippen LogP contribution in [0.1, 0.15) is 28.0 Å². The minimum atomic E-state index is -4.84. The molecule has 1 aromatic carbocycles. The monoisotopic (exact) mass is 462 g/mol. The Kier molecular flexibility index (Phi) is 6.08. The molecule has 1 aromatic heterocycles. The summed E-state index contributed by atoms with van der Waals surface area (Å²) >= 11 is 5.81. The highest BCUT2D eigenvalue weighted by Gasteiger charge is 2.52. The summed E-state index contributed by atoms with van der Waals surface area (Å²) in [7, 11) is 0. The molecule has 12 heteroatoms. The van der Waals surface area contributed by atoms with Gasteiger partial charge in [0.05, 0.1) is 5.02 Å². The lowest BCUT2D eigenvalue weighted by Crippen LogP contribution is -2.48. The van der Waals surface area contributed by atoms with Crippen LogP contribution in [0.15, 0.2) is 35.5 Å². The van der Waals surface area contributed by atoms with Gasteiger partial charge in [0.15, 0.2) is 11.6 Å². The van der Waals surface area contributed by atoms with Crippen LogP contribution in [0.2, 0.25) is 5.02 Å². The van der Waals surface area contributed by atoms with E-state index in [0.717, 1.165) is 18.2 Å². The number of halogens is 6. The summed E-state index contributed by atoms with van der Waals surface area (Å²) in [5.41, 5.74) is 2.89. The van der Waals surface area contributed by atoms with Crippen LogP contribution in [0, 0.1) is 12.7 Å². The summed E-state index contributed by atoms with van der Waals surface area (Å²) in [6, 6.07) is 1.24. The van der Waals surface area contributed by atoms with Gasteiger partial charge in [0.25, 0.3) is 11.9 Å². The standard InChI is InChI=1S/C19H16ClF5N4O2/c1-9-4-10(20)7-27-15(9)16(30)28-11-2-3-13(22)12(5-11)18(8-21)6-14(19(23,24)25)29-17(26)31-18/h2-5,7,14H,6,8H2,1H3,(H2,26,29)(H,28,30)/t14-,18+/m0/s1. The third-order valence-corrected chi connectivity index (χ3v) is 4.88. The van der Waals surface area contributed by atoms with Crippen molar-refractivity contribution in [3.63, 3.8) is 0 Å². The zero-order valence-corrected chi connectivity index (χ0v) is 16.7. The van der Waals surface area contributed by atoms with Crippen molar-refractivity contribution in [2.75, 3.05) is 12.0 Å². The van der Waals surface area contributed by atoms with Crippen molar-refractivity contribution >= 4 is 29.2 Å². The fraction of sp³-hybridized carbons (Fsp3) is 0.316. The molecule has 2 aromatic rings. The van der Waals surface area contributed by atoms with Gasteiger partial charge in [-0.3, -0.25) is 4.79 Å². The third-order valence-electron chi connectivity index (χ3n) is 4.67. The minimum Gasteiger partial charge on any atom is -0.451 e.